The van der Waals surface area contributed by atoms with Crippen molar-refractivity contribution < 1.29 is 9.53 Å². The van der Waals surface area contributed by atoms with Crippen molar-refractivity contribution in [2.45, 2.75) is 109 Å². The number of benzene rings is 1. The highest BCUT2D eigenvalue weighted by Gasteiger charge is 2.50. The van der Waals surface area contributed by atoms with Crippen LogP contribution < -0.4 is 4.74 Å². The summed E-state index contributed by atoms with van der Waals surface area (Å²) in [7, 11) is 1.72. The molecule has 3 fully saturated rings. The Morgan fingerprint density at radius 3 is 2.54 bits per heavy atom. The van der Waals surface area contributed by atoms with E-state index in [0.717, 1.165) is 53.7 Å². The van der Waals surface area contributed by atoms with Gasteiger partial charge in [-0.15, -0.1) is 0 Å². The van der Waals surface area contributed by atoms with Crippen LogP contribution in [0.15, 0.2) is 42.5 Å². The first-order valence-electron chi connectivity index (χ1n) is 15.8. The normalized spacial score (nSPS) is 26.3. The number of rotatable bonds is 8. The maximum Gasteiger partial charge on any atom is 0.163 e. The molecule has 0 N–H and O–H groups in total. The molecular weight excluding hydrogens is 478 g/mol. The van der Waals surface area contributed by atoms with Gasteiger partial charge < -0.3 is 4.74 Å². The Hall–Kier alpha value is -2.42. The number of methoxy groups -OCH3 is 1. The molecular formula is C36H47NO2. The predicted molar refractivity (Wildman–Crippen MR) is 159 cm³/mol. The summed E-state index contributed by atoms with van der Waals surface area (Å²) in [6.45, 7) is 6.91. The van der Waals surface area contributed by atoms with Crippen LogP contribution in [0, 0.1) is 23.2 Å². The minimum atomic E-state index is 0.246. The van der Waals surface area contributed by atoms with E-state index in [1.54, 1.807) is 7.11 Å². The molecule has 1 unspecified atom stereocenters. The Bertz CT molecular complexity index is 1210. The highest BCUT2D eigenvalue weighted by Crippen LogP contribution is 2.61. The van der Waals surface area contributed by atoms with Gasteiger partial charge in [0.05, 0.1) is 7.11 Å². The van der Waals surface area contributed by atoms with E-state index in [1.807, 2.05) is 12.1 Å². The predicted octanol–water partition coefficient (Wildman–Crippen LogP) is 9.03. The minimum Gasteiger partial charge on any atom is -0.496 e. The number of hydrogen-bond acceptors (Lipinski definition) is 3. The molecule has 6 rings (SSSR count). The topological polar surface area (TPSA) is 39.2 Å². The van der Waals surface area contributed by atoms with Crippen molar-refractivity contribution in [3.05, 3.63) is 70.6 Å². The molecule has 4 aliphatic rings. The fourth-order valence-corrected chi connectivity index (χ4v) is 8.01. The number of carbonyl (C=O) groups is 1. The number of Topliss-reactive ketones (excluding diaryl/α,β-unsaturated/α-hetero) is 1. The quantitative estimate of drug-likeness (QED) is 0.255. The van der Waals surface area contributed by atoms with E-state index >= 15 is 0 Å². The molecule has 0 amide bonds. The number of aromatic nitrogens is 1. The number of ether oxygens (including phenoxy) is 1. The summed E-state index contributed by atoms with van der Waals surface area (Å²) >= 11 is 0. The number of hydrogen-bond donors (Lipinski definition) is 0. The average Bonchev–Trinajstić information content (AvgIpc) is 3.57. The summed E-state index contributed by atoms with van der Waals surface area (Å²) in [5.74, 6) is 3.96. The van der Waals surface area contributed by atoms with Gasteiger partial charge in [0, 0.05) is 41.3 Å². The molecule has 4 aliphatic carbocycles. The smallest absolute Gasteiger partial charge is 0.163 e. The van der Waals surface area contributed by atoms with Gasteiger partial charge in [-0.2, -0.15) is 0 Å². The number of allylic oxidation sites excluding steroid dienone is 1. The SMILES string of the molecule is C=C1Cc2ccc(Cc3ccc(C(=O)CCC4CCC(C)CC4)cc3OC)nc2C(C2CCCC2)CC12CC2. The molecule has 1 spiro atoms. The number of pyridine rings is 1. The van der Waals surface area contributed by atoms with Gasteiger partial charge in [-0.05, 0) is 85.8 Å². The van der Waals surface area contributed by atoms with Crippen LogP contribution in [0.5, 0.6) is 5.75 Å². The first-order valence-corrected chi connectivity index (χ1v) is 15.8. The Morgan fingerprint density at radius 1 is 1.05 bits per heavy atom. The van der Waals surface area contributed by atoms with Crippen molar-refractivity contribution >= 4 is 5.78 Å². The van der Waals surface area contributed by atoms with E-state index in [-0.39, 0.29) is 5.78 Å². The maximum atomic E-state index is 13.1. The standard InChI is InChI=1S/C36H47NO2/c1-24-8-10-26(11-9-24)12-17-33(38)28-13-14-29(34(22-28)39-3)21-31-16-15-30-20-25(2)36(18-19-36)23-32(35(30)37-31)27-6-4-5-7-27/h13-16,22,24,26-27,32H,2,4-12,17-21,23H2,1,3H3. The molecule has 0 bridgehead atoms. The first-order chi connectivity index (χ1) is 18.9. The van der Waals surface area contributed by atoms with E-state index in [0.29, 0.717) is 23.7 Å². The first kappa shape index (κ1) is 26.8. The number of ketones is 1. The summed E-state index contributed by atoms with van der Waals surface area (Å²) < 4.78 is 5.81. The molecule has 1 aromatic carbocycles. The highest BCUT2D eigenvalue weighted by molar-refractivity contribution is 5.96. The van der Waals surface area contributed by atoms with Crippen molar-refractivity contribution in [1.82, 2.24) is 4.98 Å². The number of nitrogens with zero attached hydrogens (tertiary/aromatic N) is 1. The Kier molecular flexibility index (Phi) is 7.71. The molecule has 1 aromatic heterocycles. The third kappa shape index (κ3) is 5.74. The van der Waals surface area contributed by atoms with Crippen LogP contribution in [0.4, 0.5) is 0 Å². The summed E-state index contributed by atoms with van der Waals surface area (Å²) in [4.78, 5) is 18.4. The van der Waals surface area contributed by atoms with Crippen LogP contribution in [0.3, 0.4) is 0 Å². The minimum absolute atomic E-state index is 0.246. The van der Waals surface area contributed by atoms with E-state index in [4.69, 9.17) is 9.72 Å². The van der Waals surface area contributed by atoms with E-state index < -0.39 is 0 Å². The fraction of sp³-hybridized carbons (Fsp3) is 0.611. The summed E-state index contributed by atoms with van der Waals surface area (Å²) in [5.41, 5.74) is 7.59. The van der Waals surface area contributed by atoms with Gasteiger partial charge in [-0.25, -0.2) is 0 Å². The second-order valence-electron chi connectivity index (χ2n) is 13.6. The van der Waals surface area contributed by atoms with Crippen LogP contribution in [0.2, 0.25) is 0 Å². The molecule has 3 nitrogen and oxygen atoms in total. The second-order valence-corrected chi connectivity index (χ2v) is 13.6. The molecule has 1 atom stereocenters. The third-order valence-corrected chi connectivity index (χ3v) is 10.9. The van der Waals surface area contributed by atoms with Gasteiger partial charge in [-0.1, -0.05) is 75.8 Å². The average molecular weight is 526 g/mol. The van der Waals surface area contributed by atoms with Gasteiger partial charge in [-0.3, -0.25) is 9.78 Å². The fourth-order valence-electron chi connectivity index (χ4n) is 8.01. The molecule has 2 aromatic rings. The lowest BCUT2D eigenvalue weighted by atomic mass is 9.79. The largest absolute Gasteiger partial charge is 0.496 e. The molecule has 3 heteroatoms. The zero-order valence-corrected chi connectivity index (χ0v) is 24.3. The van der Waals surface area contributed by atoms with Crippen molar-refractivity contribution in [3.63, 3.8) is 0 Å². The van der Waals surface area contributed by atoms with E-state index in [1.165, 1.54) is 87.5 Å². The van der Waals surface area contributed by atoms with Crippen molar-refractivity contribution in [3.8, 4) is 5.75 Å². The van der Waals surface area contributed by atoms with Crippen molar-refractivity contribution in [2.75, 3.05) is 7.11 Å². The highest BCUT2D eigenvalue weighted by atomic mass is 16.5. The molecule has 1 heterocycles. The molecule has 39 heavy (non-hydrogen) atoms. The molecule has 0 saturated heterocycles. The van der Waals surface area contributed by atoms with Gasteiger partial charge >= 0.3 is 0 Å². The number of carbonyl (C=O) groups excluding carboxylic acids is 1. The van der Waals surface area contributed by atoms with Gasteiger partial charge in [0.1, 0.15) is 5.75 Å². The van der Waals surface area contributed by atoms with Crippen molar-refractivity contribution in [2.24, 2.45) is 23.2 Å². The lowest BCUT2D eigenvalue weighted by Crippen LogP contribution is -2.16. The third-order valence-electron chi connectivity index (χ3n) is 10.9. The zero-order chi connectivity index (χ0) is 27.0. The summed E-state index contributed by atoms with van der Waals surface area (Å²) in [5, 5.41) is 0. The van der Waals surface area contributed by atoms with E-state index in [2.05, 4.69) is 31.7 Å². The summed E-state index contributed by atoms with van der Waals surface area (Å²) in [6.07, 6.45) is 17.9. The van der Waals surface area contributed by atoms with Gasteiger partial charge in [0.2, 0.25) is 0 Å². The van der Waals surface area contributed by atoms with Crippen molar-refractivity contribution in [1.29, 1.82) is 0 Å². The lowest BCUT2D eigenvalue weighted by Gasteiger charge is -2.26. The Labute approximate surface area is 235 Å². The molecule has 3 saturated carbocycles. The van der Waals surface area contributed by atoms with Crippen LogP contribution in [-0.2, 0) is 12.8 Å². The Balaban J connectivity index is 1.18. The Morgan fingerprint density at radius 2 is 1.82 bits per heavy atom. The molecule has 0 aliphatic heterocycles. The van der Waals surface area contributed by atoms with Crippen LogP contribution in [0.1, 0.15) is 129 Å². The maximum absolute atomic E-state index is 13.1. The zero-order valence-electron chi connectivity index (χ0n) is 24.3. The number of fused-ring (bicyclic) bond motifs is 1. The second kappa shape index (κ2) is 11.2. The van der Waals surface area contributed by atoms with Crippen LogP contribution in [-0.4, -0.2) is 17.9 Å². The lowest BCUT2D eigenvalue weighted by molar-refractivity contribution is 0.0968. The van der Waals surface area contributed by atoms with Crippen LogP contribution >= 0.6 is 0 Å². The molecule has 0 radical (unpaired) electrons. The van der Waals surface area contributed by atoms with Gasteiger partial charge in [0.25, 0.3) is 0 Å². The monoisotopic (exact) mass is 525 g/mol. The summed E-state index contributed by atoms with van der Waals surface area (Å²) in [6, 6.07) is 10.6. The molecule has 208 valence electrons. The van der Waals surface area contributed by atoms with E-state index in [9.17, 15) is 4.79 Å². The van der Waals surface area contributed by atoms with Crippen LogP contribution in [0.25, 0.3) is 0 Å². The van der Waals surface area contributed by atoms with Gasteiger partial charge in [0.15, 0.2) is 5.78 Å².